The highest BCUT2D eigenvalue weighted by molar-refractivity contribution is 9.10. The van der Waals surface area contributed by atoms with E-state index in [9.17, 15) is 5.11 Å². The Morgan fingerprint density at radius 2 is 2.20 bits per heavy atom. The van der Waals surface area contributed by atoms with E-state index in [1.165, 1.54) is 18.9 Å². The van der Waals surface area contributed by atoms with Gasteiger partial charge >= 0.3 is 0 Å². The van der Waals surface area contributed by atoms with E-state index >= 15 is 0 Å². The summed E-state index contributed by atoms with van der Waals surface area (Å²) in [6.45, 7) is 1.81. The first-order chi connectivity index (χ1) is 9.56. The van der Waals surface area contributed by atoms with Crippen LogP contribution in [0.3, 0.4) is 0 Å². The number of hydrogen-bond donors (Lipinski definition) is 1. The molecule has 0 radical (unpaired) electrons. The maximum Gasteiger partial charge on any atom is 0.211 e. The SMILES string of the molecule is COc1cc(Br)cc(/C=N\n2c(C)nnc2SC)c1O. The first kappa shape index (κ1) is 14.9. The first-order valence-corrected chi connectivity index (χ1v) is 7.65. The van der Waals surface area contributed by atoms with Crippen molar-refractivity contribution < 1.29 is 9.84 Å². The monoisotopic (exact) mass is 356 g/mol. The van der Waals surface area contributed by atoms with Crippen LogP contribution in [0, 0.1) is 6.92 Å². The average Bonchev–Trinajstić information content (AvgIpc) is 2.79. The quantitative estimate of drug-likeness (QED) is 0.673. The highest BCUT2D eigenvalue weighted by atomic mass is 79.9. The number of benzene rings is 1. The Kier molecular flexibility index (Phi) is 4.66. The van der Waals surface area contributed by atoms with Crippen LogP contribution in [0.25, 0.3) is 0 Å². The van der Waals surface area contributed by atoms with Crippen LogP contribution in [-0.4, -0.2) is 39.6 Å². The molecule has 0 saturated heterocycles. The van der Waals surface area contributed by atoms with Crippen molar-refractivity contribution in [3.63, 3.8) is 0 Å². The number of aryl methyl sites for hydroxylation is 1. The van der Waals surface area contributed by atoms with Crippen LogP contribution in [0.15, 0.2) is 26.9 Å². The zero-order valence-electron chi connectivity index (χ0n) is 11.2. The molecule has 0 unspecified atom stereocenters. The number of phenols is 1. The molecule has 2 rings (SSSR count). The summed E-state index contributed by atoms with van der Waals surface area (Å²) in [6.07, 6.45) is 3.44. The number of thioether (sulfide) groups is 1. The van der Waals surface area contributed by atoms with E-state index in [2.05, 4.69) is 31.2 Å². The smallest absolute Gasteiger partial charge is 0.211 e. The van der Waals surface area contributed by atoms with E-state index in [0.29, 0.717) is 22.3 Å². The molecule has 0 atom stereocenters. The van der Waals surface area contributed by atoms with Gasteiger partial charge in [-0.15, -0.1) is 10.2 Å². The molecule has 1 aromatic heterocycles. The minimum Gasteiger partial charge on any atom is -0.504 e. The Morgan fingerprint density at radius 1 is 1.45 bits per heavy atom. The van der Waals surface area contributed by atoms with Crippen LogP contribution < -0.4 is 4.74 Å². The average molecular weight is 357 g/mol. The minimum atomic E-state index is 0.0379. The lowest BCUT2D eigenvalue weighted by atomic mass is 10.2. The minimum absolute atomic E-state index is 0.0379. The van der Waals surface area contributed by atoms with Crippen LogP contribution in [0.2, 0.25) is 0 Å². The number of methoxy groups -OCH3 is 1. The van der Waals surface area contributed by atoms with Gasteiger partial charge in [0.1, 0.15) is 0 Å². The van der Waals surface area contributed by atoms with Gasteiger partial charge in [0, 0.05) is 10.0 Å². The molecule has 0 fully saturated rings. The standard InChI is InChI=1S/C12H13BrN4O2S/c1-7-15-16-12(20-3)17(7)14-6-8-4-9(13)5-10(19-2)11(8)18/h4-6,18H,1-3H3/b14-6-. The Bertz CT molecular complexity index is 657. The van der Waals surface area contributed by atoms with Crippen molar-refractivity contribution in [3.8, 4) is 11.5 Å². The number of nitrogens with zero attached hydrogens (tertiary/aromatic N) is 4. The molecule has 0 saturated carbocycles. The van der Waals surface area contributed by atoms with Crippen LogP contribution in [0.5, 0.6) is 11.5 Å². The van der Waals surface area contributed by atoms with E-state index in [0.717, 1.165) is 4.47 Å². The third-order valence-corrected chi connectivity index (χ3v) is 3.63. The third kappa shape index (κ3) is 2.96. The summed E-state index contributed by atoms with van der Waals surface area (Å²) >= 11 is 4.81. The summed E-state index contributed by atoms with van der Waals surface area (Å²) in [6, 6.07) is 3.43. The lowest BCUT2D eigenvalue weighted by Crippen LogP contribution is -1.96. The zero-order chi connectivity index (χ0) is 14.7. The summed E-state index contributed by atoms with van der Waals surface area (Å²) < 4.78 is 7.49. The number of halogens is 1. The third-order valence-electron chi connectivity index (χ3n) is 2.55. The molecule has 2 aromatic rings. The van der Waals surface area contributed by atoms with Gasteiger partial charge in [0.2, 0.25) is 5.16 Å². The summed E-state index contributed by atoms with van der Waals surface area (Å²) in [5, 5.41) is 23.0. The van der Waals surface area contributed by atoms with E-state index in [1.54, 1.807) is 23.0 Å². The number of rotatable bonds is 4. The largest absolute Gasteiger partial charge is 0.504 e. The second-order valence-corrected chi connectivity index (χ2v) is 5.53. The van der Waals surface area contributed by atoms with Crippen molar-refractivity contribution in [2.45, 2.75) is 12.1 Å². The van der Waals surface area contributed by atoms with Crippen molar-refractivity contribution in [2.24, 2.45) is 5.10 Å². The Balaban J connectivity index is 2.41. The van der Waals surface area contributed by atoms with Crippen LogP contribution in [0.4, 0.5) is 0 Å². The van der Waals surface area contributed by atoms with Crippen molar-refractivity contribution in [2.75, 3.05) is 13.4 Å². The molecule has 106 valence electrons. The van der Waals surface area contributed by atoms with Crippen LogP contribution in [0.1, 0.15) is 11.4 Å². The second-order valence-electron chi connectivity index (χ2n) is 3.84. The molecular weight excluding hydrogens is 344 g/mol. The molecule has 8 heteroatoms. The number of aromatic nitrogens is 3. The summed E-state index contributed by atoms with van der Waals surface area (Å²) in [5.41, 5.74) is 0.538. The highest BCUT2D eigenvalue weighted by Crippen LogP contribution is 2.32. The predicted molar refractivity (Wildman–Crippen MR) is 81.9 cm³/mol. The van der Waals surface area contributed by atoms with Crippen LogP contribution >= 0.6 is 27.7 Å². The molecule has 1 aromatic carbocycles. The first-order valence-electron chi connectivity index (χ1n) is 5.63. The van der Waals surface area contributed by atoms with Gasteiger partial charge in [-0.2, -0.15) is 9.78 Å². The Hall–Kier alpha value is -1.54. The van der Waals surface area contributed by atoms with Gasteiger partial charge in [-0.05, 0) is 25.3 Å². The molecule has 20 heavy (non-hydrogen) atoms. The maximum absolute atomic E-state index is 10.1. The van der Waals surface area contributed by atoms with Gasteiger partial charge in [0.15, 0.2) is 17.3 Å². The van der Waals surface area contributed by atoms with Gasteiger partial charge in [-0.3, -0.25) is 0 Å². The Morgan fingerprint density at radius 3 is 2.85 bits per heavy atom. The molecule has 6 nitrogen and oxygen atoms in total. The summed E-state index contributed by atoms with van der Waals surface area (Å²) in [7, 11) is 1.50. The van der Waals surface area contributed by atoms with E-state index in [4.69, 9.17) is 4.74 Å². The molecule has 0 aliphatic heterocycles. The molecule has 0 aliphatic rings. The second kappa shape index (κ2) is 6.27. The fraction of sp³-hybridized carbons (Fsp3) is 0.250. The lowest BCUT2D eigenvalue weighted by Gasteiger charge is -2.07. The van der Waals surface area contributed by atoms with Gasteiger partial charge in [0.05, 0.1) is 13.3 Å². The fourth-order valence-corrected chi connectivity index (χ4v) is 2.50. The van der Waals surface area contributed by atoms with E-state index in [1.807, 2.05) is 13.2 Å². The topological polar surface area (TPSA) is 72.5 Å². The number of aromatic hydroxyl groups is 1. The number of phenolic OH excluding ortho intramolecular Hbond substituents is 1. The van der Waals surface area contributed by atoms with Crippen molar-refractivity contribution in [1.82, 2.24) is 14.9 Å². The predicted octanol–water partition coefficient (Wildman–Crippen LogP) is 2.67. The zero-order valence-corrected chi connectivity index (χ0v) is 13.6. The number of ether oxygens (including phenoxy) is 1. The molecule has 1 heterocycles. The van der Waals surface area contributed by atoms with Gasteiger partial charge in [-0.1, -0.05) is 27.7 Å². The van der Waals surface area contributed by atoms with Gasteiger partial charge < -0.3 is 9.84 Å². The maximum atomic E-state index is 10.1. The normalized spacial score (nSPS) is 11.2. The lowest BCUT2D eigenvalue weighted by molar-refractivity contribution is 0.373. The molecule has 0 amide bonds. The van der Waals surface area contributed by atoms with E-state index in [-0.39, 0.29) is 5.75 Å². The fourth-order valence-electron chi connectivity index (χ4n) is 1.57. The van der Waals surface area contributed by atoms with E-state index < -0.39 is 0 Å². The van der Waals surface area contributed by atoms with Gasteiger partial charge in [0.25, 0.3) is 0 Å². The van der Waals surface area contributed by atoms with Crippen LogP contribution in [-0.2, 0) is 0 Å². The summed E-state index contributed by atoms with van der Waals surface area (Å²) in [4.78, 5) is 0. The molecule has 1 N–H and O–H groups in total. The molecular formula is C12H13BrN4O2S. The van der Waals surface area contributed by atoms with Crippen molar-refractivity contribution in [1.29, 1.82) is 0 Å². The molecule has 0 aliphatic carbocycles. The molecule has 0 spiro atoms. The highest BCUT2D eigenvalue weighted by Gasteiger charge is 2.09. The Labute approximate surface area is 129 Å². The number of hydrogen-bond acceptors (Lipinski definition) is 6. The molecule has 0 bridgehead atoms. The van der Waals surface area contributed by atoms with Crippen molar-refractivity contribution >= 4 is 33.9 Å². The van der Waals surface area contributed by atoms with Crippen molar-refractivity contribution in [3.05, 3.63) is 28.0 Å². The van der Waals surface area contributed by atoms with Gasteiger partial charge in [-0.25, -0.2) is 0 Å². The summed E-state index contributed by atoms with van der Waals surface area (Å²) in [5.74, 6) is 1.09.